The Hall–Kier alpha value is -2.64. The average molecular weight is 364 g/mol. The van der Waals surface area contributed by atoms with Gasteiger partial charge >= 0.3 is 12.6 Å². The highest BCUT2D eigenvalue weighted by Crippen LogP contribution is 2.29. The van der Waals surface area contributed by atoms with Gasteiger partial charge in [-0.1, -0.05) is 12.1 Å². The zero-order valence-electron chi connectivity index (χ0n) is 14.8. The van der Waals surface area contributed by atoms with Crippen molar-refractivity contribution in [1.82, 2.24) is 20.0 Å². The number of aryl methyl sites for hydroxylation is 1. The van der Waals surface area contributed by atoms with Gasteiger partial charge in [0.1, 0.15) is 5.75 Å². The van der Waals surface area contributed by atoms with Gasteiger partial charge in [0.2, 0.25) is 0 Å². The number of hydrogen-bond acceptors (Lipinski definition) is 3. The summed E-state index contributed by atoms with van der Waals surface area (Å²) < 4.78 is 30.5. The molecule has 3 rings (SSSR count). The molecule has 140 valence electrons. The van der Waals surface area contributed by atoms with Gasteiger partial charge in [-0.05, 0) is 37.0 Å². The summed E-state index contributed by atoms with van der Waals surface area (Å²) in [5, 5.41) is 7.34. The first-order valence-corrected chi connectivity index (χ1v) is 8.50. The molecule has 0 aliphatic heterocycles. The fourth-order valence-corrected chi connectivity index (χ4v) is 3.24. The third kappa shape index (κ3) is 4.12. The van der Waals surface area contributed by atoms with E-state index in [2.05, 4.69) is 15.2 Å². The van der Waals surface area contributed by atoms with Crippen LogP contribution in [0.4, 0.5) is 13.6 Å². The standard InChI is InChI=1S/C18H22F2N4O2/c1-23(11-12-6-8-13(9-7-12)26-17(19)20)18(25)22-15-4-3-5-16-14(15)10-21-24(16)2/h6-10,15,17H,3-5,11H2,1-2H3,(H,22,25). The van der Waals surface area contributed by atoms with Crippen molar-refractivity contribution in [2.75, 3.05) is 7.05 Å². The van der Waals surface area contributed by atoms with E-state index in [-0.39, 0.29) is 17.8 Å². The summed E-state index contributed by atoms with van der Waals surface area (Å²) in [6.45, 7) is -2.48. The molecule has 2 aromatic rings. The van der Waals surface area contributed by atoms with E-state index in [1.165, 1.54) is 17.8 Å². The number of hydrogen-bond donors (Lipinski definition) is 1. The summed E-state index contributed by atoms with van der Waals surface area (Å²) in [5.41, 5.74) is 3.07. The molecule has 0 saturated heterocycles. The van der Waals surface area contributed by atoms with Crippen LogP contribution in [0.3, 0.4) is 0 Å². The average Bonchev–Trinajstić information content (AvgIpc) is 2.98. The molecule has 1 N–H and O–H groups in total. The predicted molar refractivity (Wildman–Crippen MR) is 92.0 cm³/mol. The van der Waals surface area contributed by atoms with Crippen LogP contribution in [0.15, 0.2) is 30.5 Å². The molecule has 1 aliphatic carbocycles. The van der Waals surface area contributed by atoms with Crippen LogP contribution in [-0.4, -0.2) is 34.4 Å². The zero-order valence-corrected chi connectivity index (χ0v) is 14.8. The topological polar surface area (TPSA) is 59.4 Å². The van der Waals surface area contributed by atoms with Crippen LogP contribution in [0.5, 0.6) is 5.75 Å². The van der Waals surface area contributed by atoms with Crippen LogP contribution >= 0.6 is 0 Å². The molecule has 0 radical (unpaired) electrons. The monoisotopic (exact) mass is 364 g/mol. The molecule has 1 atom stereocenters. The highest BCUT2D eigenvalue weighted by molar-refractivity contribution is 5.74. The number of halogens is 2. The Labute approximate surface area is 150 Å². The summed E-state index contributed by atoms with van der Waals surface area (Å²) in [7, 11) is 3.61. The van der Waals surface area contributed by atoms with Crippen LogP contribution in [0.2, 0.25) is 0 Å². The largest absolute Gasteiger partial charge is 0.435 e. The van der Waals surface area contributed by atoms with Crippen LogP contribution < -0.4 is 10.1 Å². The summed E-state index contributed by atoms with van der Waals surface area (Å²) in [4.78, 5) is 14.1. The lowest BCUT2D eigenvalue weighted by molar-refractivity contribution is -0.0498. The van der Waals surface area contributed by atoms with E-state index >= 15 is 0 Å². The molecule has 0 spiro atoms. The Kier molecular flexibility index (Phi) is 5.39. The molecular formula is C18H22F2N4O2. The second-order valence-electron chi connectivity index (χ2n) is 6.44. The van der Waals surface area contributed by atoms with Gasteiger partial charge in [-0.2, -0.15) is 13.9 Å². The Morgan fingerprint density at radius 1 is 1.42 bits per heavy atom. The zero-order chi connectivity index (χ0) is 18.7. The normalized spacial score (nSPS) is 16.3. The van der Waals surface area contributed by atoms with Gasteiger partial charge in [-0.3, -0.25) is 4.68 Å². The van der Waals surface area contributed by atoms with Crippen LogP contribution in [-0.2, 0) is 20.0 Å². The van der Waals surface area contributed by atoms with Gasteiger partial charge in [0.15, 0.2) is 0 Å². The number of urea groups is 1. The predicted octanol–water partition coefficient (Wildman–Crippen LogP) is 3.24. The van der Waals surface area contributed by atoms with Crippen molar-refractivity contribution < 1.29 is 18.3 Å². The lowest BCUT2D eigenvalue weighted by Crippen LogP contribution is -2.39. The lowest BCUT2D eigenvalue weighted by atomic mass is 9.93. The molecule has 6 nitrogen and oxygen atoms in total. The third-order valence-corrected chi connectivity index (χ3v) is 4.59. The van der Waals surface area contributed by atoms with Crippen molar-refractivity contribution in [3.8, 4) is 5.75 Å². The maximum atomic E-state index is 12.5. The number of aromatic nitrogens is 2. The molecule has 1 aliphatic rings. The SMILES string of the molecule is CN(Cc1ccc(OC(F)F)cc1)C(=O)NC1CCCc2c1cnn2C. The van der Waals surface area contributed by atoms with E-state index < -0.39 is 6.61 Å². The lowest BCUT2D eigenvalue weighted by Gasteiger charge is -2.26. The molecule has 1 aromatic carbocycles. The van der Waals surface area contributed by atoms with Crippen LogP contribution in [0.1, 0.15) is 35.7 Å². The molecule has 0 saturated carbocycles. The smallest absolute Gasteiger partial charge is 0.387 e. The molecule has 1 aromatic heterocycles. The third-order valence-electron chi connectivity index (χ3n) is 4.59. The molecular weight excluding hydrogens is 342 g/mol. The van der Waals surface area contributed by atoms with Gasteiger partial charge in [-0.25, -0.2) is 4.79 Å². The summed E-state index contributed by atoms with van der Waals surface area (Å²) in [5.74, 6) is 0.0992. The Balaban J connectivity index is 1.58. The fourth-order valence-electron chi connectivity index (χ4n) is 3.24. The minimum absolute atomic E-state index is 0.0378. The van der Waals surface area contributed by atoms with Crippen molar-refractivity contribution in [3.05, 3.63) is 47.3 Å². The number of carbonyl (C=O) groups is 1. The van der Waals surface area contributed by atoms with E-state index in [1.54, 1.807) is 24.1 Å². The number of nitrogens with zero attached hydrogens (tertiary/aromatic N) is 3. The van der Waals surface area contributed by atoms with E-state index in [0.29, 0.717) is 6.54 Å². The first-order valence-electron chi connectivity index (χ1n) is 8.50. The molecule has 1 heterocycles. The van der Waals surface area contributed by atoms with Gasteiger partial charge < -0.3 is 15.0 Å². The van der Waals surface area contributed by atoms with Gasteiger partial charge in [0.05, 0.1) is 12.2 Å². The number of ether oxygens (including phenoxy) is 1. The molecule has 2 amide bonds. The van der Waals surface area contributed by atoms with Crippen molar-refractivity contribution in [1.29, 1.82) is 0 Å². The highest BCUT2D eigenvalue weighted by atomic mass is 19.3. The summed E-state index contributed by atoms with van der Waals surface area (Å²) >= 11 is 0. The second-order valence-corrected chi connectivity index (χ2v) is 6.44. The fraction of sp³-hybridized carbons (Fsp3) is 0.444. The number of carbonyl (C=O) groups excluding carboxylic acids is 1. The first-order chi connectivity index (χ1) is 12.4. The minimum atomic E-state index is -2.85. The van der Waals surface area contributed by atoms with Crippen molar-refractivity contribution >= 4 is 6.03 Å². The summed E-state index contributed by atoms with van der Waals surface area (Å²) in [6, 6.07) is 6.05. The molecule has 1 unspecified atom stereocenters. The van der Waals surface area contributed by atoms with E-state index in [1.807, 2.05) is 17.9 Å². The van der Waals surface area contributed by atoms with Crippen LogP contribution in [0.25, 0.3) is 0 Å². The van der Waals surface area contributed by atoms with Gasteiger partial charge in [-0.15, -0.1) is 0 Å². The number of nitrogens with one attached hydrogen (secondary N) is 1. The first kappa shape index (κ1) is 18.2. The molecule has 0 fully saturated rings. The quantitative estimate of drug-likeness (QED) is 0.886. The highest BCUT2D eigenvalue weighted by Gasteiger charge is 2.25. The number of alkyl halides is 2. The molecule has 0 bridgehead atoms. The van der Waals surface area contributed by atoms with Gasteiger partial charge in [0.25, 0.3) is 0 Å². The Bertz CT molecular complexity index is 761. The van der Waals surface area contributed by atoms with Crippen molar-refractivity contribution in [3.63, 3.8) is 0 Å². The molecule has 8 heteroatoms. The Morgan fingerprint density at radius 3 is 2.85 bits per heavy atom. The number of amides is 2. The minimum Gasteiger partial charge on any atom is -0.435 e. The Morgan fingerprint density at radius 2 is 2.15 bits per heavy atom. The van der Waals surface area contributed by atoms with E-state index in [4.69, 9.17) is 0 Å². The number of rotatable bonds is 5. The number of fused-ring (bicyclic) bond motifs is 1. The van der Waals surface area contributed by atoms with Gasteiger partial charge in [0, 0.05) is 31.9 Å². The van der Waals surface area contributed by atoms with Crippen molar-refractivity contribution in [2.24, 2.45) is 7.05 Å². The maximum absolute atomic E-state index is 12.5. The van der Waals surface area contributed by atoms with Crippen molar-refractivity contribution in [2.45, 2.75) is 38.5 Å². The van der Waals surface area contributed by atoms with E-state index in [0.717, 1.165) is 30.4 Å². The van der Waals surface area contributed by atoms with E-state index in [9.17, 15) is 13.6 Å². The second kappa shape index (κ2) is 7.72. The summed E-state index contributed by atoms with van der Waals surface area (Å²) in [6.07, 6.45) is 4.69. The maximum Gasteiger partial charge on any atom is 0.387 e. The van der Waals surface area contributed by atoms with Crippen LogP contribution in [0, 0.1) is 0 Å². The number of benzene rings is 1. The molecule has 26 heavy (non-hydrogen) atoms.